The van der Waals surface area contributed by atoms with Crippen LogP contribution < -0.4 is 0 Å². The topological polar surface area (TPSA) is 88.1 Å². The van der Waals surface area contributed by atoms with E-state index in [4.69, 9.17) is 9.97 Å². The summed E-state index contributed by atoms with van der Waals surface area (Å²) in [5.74, 6) is 1.63. The van der Waals surface area contributed by atoms with Crippen LogP contribution in [0.4, 0.5) is 0 Å². The van der Waals surface area contributed by atoms with Crippen molar-refractivity contribution in [2.45, 2.75) is 13.8 Å². The fraction of sp³-hybridized carbons (Fsp3) is 0.120. The predicted molar refractivity (Wildman–Crippen MR) is 126 cm³/mol. The Morgan fingerprint density at radius 2 is 1.75 bits per heavy atom. The molecular weight excluding hydrogens is 398 g/mol. The molecule has 32 heavy (non-hydrogen) atoms. The zero-order valence-corrected chi connectivity index (χ0v) is 18.0. The Morgan fingerprint density at radius 1 is 0.875 bits per heavy atom. The number of hydrogen-bond acceptors (Lipinski definition) is 4. The number of aryl methyl sites for hydroxylation is 2. The molecule has 156 valence electrons. The molecule has 0 spiro atoms. The lowest BCUT2D eigenvalue weighted by Crippen LogP contribution is -1.96. The van der Waals surface area contributed by atoms with Crippen molar-refractivity contribution in [3.8, 4) is 34.0 Å². The Labute approximate surface area is 184 Å². The van der Waals surface area contributed by atoms with Crippen LogP contribution in [0.5, 0.6) is 0 Å². The lowest BCUT2D eigenvalue weighted by molar-refractivity contribution is 0.862. The molecule has 6 aromatic rings. The number of nitrogens with one attached hydrogen (secondary N) is 2. The first kappa shape index (κ1) is 18.5. The summed E-state index contributed by atoms with van der Waals surface area (Å²) >= 11 is 0. The number of H-pyrrole nitrogens is 2. The monoisotopic (exact) mass is 419 g/mol. The number of aromatic nitrogens is 7. The van der Waals surface area contributed by atoms with Gasteiger partial charge in [-0.05, 0) is 37.6 Å². The molecule has 0 atom stereocenters. The van der Waals surface area contributed by atoms with Crippen molar-refractivity contribution in [2.75, 3.05) is 0 Å². The molecule has 0 aliphatic carbocycles. The second-order valence-electron chi connectivity index (χ2n) is 8.07. The van der Waals surface area contributed by atoms with Crippen LogP contribution in [0.1, 0.15) is 11.4 Å². The molecule has 2 aromatic carbocycles. The van der Waals surface area contributed by atoms with Crippen molar-refractivity contribution < 1.29 is 0 Å². The van der Waals surface area contributed by atoms with Gasteiger partial charge < -0.3 is 9.55 Å². The number of para-hydroxylation sites is 1. The summed E-state index contributed by atoms with van der Waals surface area (Å²) in [6.45, 7) is 4.08. The van der Waals surface area contributed by atoms with Gasteiger partial charge in [0.25, 0.3) is 0 Å². The largest absolute Gasteiger partial charge is 0.336 e. The number of hydrogen-bond donors (Lipinski definition) is 2. The highest BCUT2D eigenvalue weighted by Gasteiger charge is 2.17. The first-order chi connectivity index (χ1) is 15.6. The third kappa shape index (κ3) is 2.82. The van der Waals surface area contributed by atoms with E-state index >= 15 is 0 Å². The van der Waals surface area contributed by atoms with Gasteiger partial charge in [0.05, 0.1) is 34.1 Å². The molecule has 0 unspecified atom stereocenters. The molecule has 6 rings (SSSR count). The maximum atomic E-state index is 4.94. The zero-order chi connectivity index (χ0) is 21.8. The van der Waals surface area contributed by atoms with Gasteiger partial charge in [-0.15, -0.1) is 0 Å². The van der Waals surface area contributed by atoms with E-state index in [1.807, 2.05) is 49.0 Å². The van der Waals surface area contributed by atoms with Crippen molar-refractivity contribution in [1.82, 2.24) is 34.7 Å². The van der Waals surface area contributed by atoms with Gasteiger partial charge >= 0.3 is 0 Å². The van der Waals surface area contributed by atoms with E-state index in [1.165, 1.54) is 5.56 Å². The third-order valence-electron chi connectivity index (χ3n) is 5.96. The summed E-state index contributed by atoms with van der Waals surface area (Å²) in [5.41, 5.74) is 9.49. The SMILES string of the molecule is Cc1cccc(-c2cccc3[nH]c(-c4n[nH]c5ccc(-c6cnc(C)n6C)nc45)nc23)c1. The quantitative estimate of drug-likeness (QED) is 0.413. The van der Waals surface area contributed by atoms with Crippen molar-refractivity contribution in [2.24, 2.45) is 7.05 Å². The Kier molecular flexibility index (Phi) is 3.98. The van der Waals surface area contributed by atoms with Crippen molar-refractivity contribution in [1.29, 1.82) is 0 Å². The van der Waals surface area contributed by atoms with Crippen molar-refractivity contribution in [3.63, 3.8) is 0 Å². The summed E-state index contributed by atoms with van der Waals surface area (Å²) in [5, 5.41) is 7.62. The fourth-order valence-corrected chi connectivity index (χ4v) is 4.14. The zero-order valence-electron chi connectivity index (χ0n) is 18.0. The summed E-state index contributed by atoms with van der Waals surface area (Å²) in [7, 11) is 1.99. The number of pyridine rings is 1. The third-order valence-corrected chi connectivity index (χ3v) is 5.96. The Hall–Kier alpha value is -4.26. The summed E-state index contributed by atoms with van der Waals surface area (Å²) < 4.78 is 2.03. The molecule has 0 radical (unpaired) electrons. The smallest absolute Gasteiger partial charge is 0.161 e. The van der Waals surface area contributed by atoms with Crippen LogP contribution in [0.2, 0.25) is 0 Å². The summed E-state index contributed by atoms with van der Waals surface area (Å²) in [4.78, 5) is 17.7. The van der Waals surface area contributed by atoms with Crippen LogP contribution in [-0.2, 0) is 7.05 Å². The second kappa shape index (κ2) is 6.88. The lowest BCUT2D eigenvalue weighted by atomic mass is 10.0. The van der Waals surface area contributed by atoms with Crippen LogP contribution in [0, 0.1) is 13.8 Å². The van der Waals surface area contributed by atoms with Crippen LogP contribution >= 0.6 is 0 Å². The van der Waals surface area contributed by atoms with Crippen LogP contribution in [0.25, 0.3) is 56.1 Å². The molecule has 0 fully saturated rings. The van der Waals surface area contributed by atoms with Crippen LogP contribution in [0.15, 0.2) is 60.8 Å². The molecule has 0 aliphatic heterocycles. The van der Waals surface area contributed by atoms with E-state index in [9.17, 15) is 0 Å². The van der Waals surface area contributed by atoms with E-state index < -0.39 is 0 Å². The predicted octanol–water partition coefficient (Wildman–Crippen LogP) is 5.19. The Bertz CT molecular complexity index is 1620. The van der Waals surface area contributed by atoms with Gasteiger partial charge in [-0.25, -0.2) is 15.0 Å². The molecule has 4 aromatic heterocycles. The van der Waals surface area contributed by atoms with Crippen molar-refractivity contribution >= 4 is 22.1 Å². The van der Waals surface area contributed by atoms with Crippen LogP contribution in [0.3, 0.4) is 0 Å². The molecule has 2 N–H and O–H groups in total. The molecule has 7 nitrogen and oxygen atoms in total. The Balaban J connectivity index is 1.52. The highest BCUT2D eigenvalue weighted by atomic mass is 15.2. The minimum atomic E-state index is 0.692. The highest BCUT2D eigenvalue weighted by molar-refractivity contribution is 5.96. The van der Waals surface area contributed by atoms with Gasteiger partial charge in [0.1, 0.15) is 11.3 Å². The number of fused-ring (bicyclic) bond motifs is 2. The van der Waals surface area contributed by atoms with E-state index in [0.717, 1.165) is 50.4 Å². The first-order valence-electron chi connectivity index (χ1n) is 10.5. The van der Waals surface area contributed by atoms with Gasteiger partial charge in [0.2, 0.25) is 0 Å². The molecule has 7 heteroatoms. The van der Waals surface area contributed by atoms with E-state index in [-0.39, 0.29) is 0 Å². The van der Waals surface area contributed by atoms with Crippen LogP contribution in [-0.4, -0.2) is 34.7 Å². The molecule has 0 aliphatic rings. The average molecular weight is 419 g/mol. The summed E-state index contributed by atoms with van der Waals surface area (Å²) in [6, 6.07) is 18.6. The molecular formula is C25H21N7. The fourth-order valence-electron chi connectivity index (χ4n) is 4.14. The molecule has 0 amide bonds. The number of imidazole rings is 2. The minimum absolute atomic E-state index is 0.692. The van der Waals surface area contributed by atoms with Gasteiger partial charge in [-0.1, -0.05) is 42.0 Å². The van der Waals surface area contributed by atoms with E-state index in [1.54, 1.807) is 0 Å². The lowest BCUT2D eigenvalue weighted by Gasteiger charge is -2.03. The van der Waals surface area contributed by atoms with Gasteiger partial charge in [0, 0.05) is 12.6 Å². The number of benzene rings is 2. The molecule has 0 bridgehead atoms. The maximum Gasteiger partial charge on any atom is 0.161 e. The van der Waals surface area contributed by atoms with Gasteiger partial charge in [-0.3, -0.25) is 5.10 Å². The number of nitrogens with zero attached hydrogens (tertiary/aromatic N) is 5. The Morgan fingerprint density at radius 3 is 2.56 bits per heavy atom. The second-order valence-corrected chi connectivity index (χ2v) is 8.07. The summed E-state index contributed by atoms with van der Waals surface area (Å²) in [6.07, 6.45) is 1.85. The molecule has 4 heterocycles. The van der Waals surface area contributed by atoms with E-state index in [2.05, 4.69) is 57.4 Å². The van der Waals surface area contributed by atoms with Gasteiger partial charge in [0.15, 0.2) is 11.5 Å². The number of aromatic amines is 2. The van der Waals surface area contributed by atoms with Gasteiger partial charge in [-0.2, -0.15) is 5.10 Å². The minimum Gasteiger partial charge on any atom is -0.336 e. The normalized spacial score (nSPS) is 11.6. The maximum absolute atomic E-state index is 4.94. The van der Waals surface area contributed by atoms with Crippen molar-refractivity contribution in [3.05, 3.63) is 72.2 Å². The standard InChI is InChI=1S/C25H21N7/c1-14-6-4-7-16(12-14)17-8-5-9-19-22(17)29-25(28-19)24-23-20(30-31-24)11-10-18(27-23)21-13-26-15(2)32(21)3/h4-13H,1-3H3,(H,28,29)(H,30,31). The van der Waals surface area contributed by atoms with E-state index in [0.29, 0.717) is 11.5 Å². The average Bonchev–Trinajstić information content (AvgIpc) is 3.50. The molecule has 0 saturated heterocycles. The first-order valence-corrected chi connectivity index (χ1v) is 10.5. The highest BCUT2D eigenvalue weighted by Crippen LogP contribution is 2.32. The number of rotatable bonds is 3. The molecule has 0 saturated carbocycles.